The van der Waals surface area contributed by atoms with Gasteiger partial charge in [-0.25, -0.2) is 4.98 Å². The van der Waals surface area contributed by atoms with E-state index in [1.807, 2.05) is 12.3 Å². The summed E-state index contributed by atoms with van der Waals surface area (Å²) >= 11 is 0. The van der Waals surface area contributed by atoms with Crippen molar-refractivity contribution in [3.05, 3.63) is 176 Å². The molecule has 340 valence electrons. The Bertz CT molecular complexity index is 3570. The summed E-state index contributed by atoms with van der Waals surface area (Å²) in [6.07, 6.45) is 2.78. The molecule has 2 aliphatic rings. The van der Waals surface area contributed by atoms with Crippen LogP contribution in [0, 0.1) is 60.6 Å². The molecule has 0 unspecified atom stereocenters. The van der Waals surface area contributed by atoms with Crippen molar-refractivity contribution in [3.8, 4) is 11.4 Å². The molecule has 6 heteroatoms. The summed E-state index contributed by atoms with van der Waals surface area (Å²) in [7, 11) is 0. The molecule has 0 bridgehead atoms. The van der Waals surface area contributed by atoms with E-state index in [-0.39, 0.29) is 32.4 Å². The zero-order chi connectivity index (χ0) is 46.5. The van der Waals surface area contributed by atoms with Crippen LogP contribution >= 0.6 is 0 Å². The first-order valence-electron chi connectivity index (χ1n) is 23.8. The predicted molar refractivity (Wildman–Crippen MR) is 278 cm³/mol. The van der Waals surface area contributed by atoms with Crippen molar-refractivity contribution < 1.29 is 21.1 Å². The number of fused-ring (bicyclic) bond motifs is 9. The monoisotopic (exact) mass is 1060 g/mol. The molecule has 0 fully saturated rings. The van der Waals surface area contributed by atoms with Crippen LogP contribution < -0.4 is 4.90 Å². The summed E-state index contributed by atoms with van der Waals surface area (Å²) in [4.78, 5) is 13.6. The van der Waals surface area contributed by atoms with E-state index in [2.05, 4.69) is 208 Å². The number of anilines is 1. The molecule has 6 aromatic carbocycles. The Morgan fingerprint density at radius 3 is 2.07 bits per heavy atom. The van der Waals surface area contributed by atoms with Crippen LogP contribution in [0.5, 0.6) is 0 Å². The van der Waals surface area contributed by atoms with E-state index >= 15 is 0 Å². The molecule has 0 saturated carbocycles. The Morgan fingerprint density at radius 1 is 0.657 bits per heavy atom. The molecule has 0 amide bonds. The van der Waals surface area contributed by atoms with Gasteiger partial charge in [-0.2, -0.15) is 6.07 Å². The van der Waals surface area contributed by atoms with Crippen LogP contribution in [0.2, 0.25) is 0 Å². The second-order valence-electron chi connectivity index (χ2n) is 21.5. The van der Waals surface area contributed by atoms with Crippen LogP contribution in [0.25, 0.3) is 55.1 Å². The van der Waals surface area contributed by atoms with Gasteiger partial charge in [0.2, 0.25) is 0 Å². The van der Waals surface area contributed by atoms with Crippen LogP contribution in [0.3, 0.4) is 0 Å². The number of rotatable bonds is 5. The third-order valence-corrected chi connectivity index (χ3v) is 16.0. The predicted octanol–water partition coefficient (Wildman–Crippen LogP) is 15.0. The molecule has 4 heterocycles. The maximum absolute atomic E-state index is 5.98. The Kier molecular flexibility index (Phi) is 10.3. The van der Waals surface area contributed by atoms with Gasteiger partial charge in [-0.3, -0.25) is 0 Å². The number of hydrogen-bond donors (Lipinski definition) is 0. The number of aromatic nitrogens is 3. The standard InChI is InChI=1S/C61H61N5.Pt/c1-34(2)42-28-43(57-63-60(13)33-51-39(7)36(4)18-22-52(51)61(60,14)66(57)56-40(8)37(5)27-38(6)41(56)9)30-46(29-42)64-53-23-17-35(3)26-49(53)47-21-20-45(32-55(47)64)65-54-24-19-44(59(10,11)12)31-50(54)48-16-15-25-62-58(48)65;/h15-29,31,34H,33H2,1-14H3;/q-2;+2/t60-,61+;/m1./s1. The number of hydrogen-bond acceptors (Lipinski definition) is 3. The van der Waals surface area contributed by atoms with Gasteiger partial charge in [0.25, 0.3) is 0 Å². The zero-order valence-electron chi connectivity index (χ0n) is 41.6. The fourth-order valence-corrected chi connectivity index (χ4v) is 11.5. The van der Waals surface area contributed by atoms with Gasteiger partial charge in [-0.15, -0.1) is 46.8 Å². The van der Waals surface area contributed by atoms with E-state index in [1.54, 1.807) is 0 Å². The number of amidine groups is 1. The summed E-state index contributed by atoms with van der Waals surface area (Å²) in [6.45, 7) is 32.1. The molecule has 0 N–H and O–H groups in total. The average molecular weight is 1060 g/mol. The molecule has 9 aromatic rings. The molecular weight excluding hydrogens is 998 g/mol. The quantitative estimate of drug-likeness (QED) is 0.161. The molecule has 0 radical (unpaired) electrons. The first-order chi connectivity index (χ1) is 31.3. The van der Waals surface area contributed by atoms with Gasteiger partial charge in [-0.1, -0.05) is 87.8 Å². The van der Waals surface area contributed by atoms with E-state index < -0.39 is 11.1 Å². The third-order valence-electron chi connectivity index (χ3n) is 16.0. The van der Waals surface area contributed by atoms with Crippen molar-refractivity contribution in [2.75, 3.05) is 4.90 Å². The van der Waals surface area contributed by atoms with E-state index in [0.29, 0.717) is 0 Å². The van der Waals surface area contributed by atoms with E-state index in [4.69, 9.17) is 9.98 Å². The first-order valence-corrected chi connectivity index (χ1v) is 23.8. The van der Waals surface area contributed by atoms with Crippen LogP contribution in [0.4, 0.5) is 5.69 Å². The maximum Gasteiger partial charge on any atom is 2.00 e. The smallest absolute Gasteiger partial charge is 0.354 e. The minimum atomic E-state index is -0.440. The number of pyridine rings is 1. The number of aryl methyl sites for hydroxylation is 4. The summed E-state index contributed by atoms with van der Waals surface area (Å²) in [6, 6.07) is 42.4. The van der Waals surface area contributed by atoms with Gasteiger partial charge in [0, 0.05) is 28.2 Å². The molecule has 67 heavy (non-hydrogen) atoms. The summed E-state index contributed by atoms with van der Waals surface area (Å²) < 4.78 is 4.70. The van der Waals surface area contributed by atoms with Crippen molar-refractivity contribution in [2.45, 2.75) is 126 Å². The first kappa shape index (κ1) is 45.0. The largest absolute Gasteiger partial charge is 2.00 e. The molecule has 1 aliphatic carbocycles. The van der Waals surface area contributed by atoms with E-state index in [9.17, 15) is 0 Å². The fraction of sp³-hybridized carbons (Fsp3) is 0.311. The molecule has 2 atom stereocenters. The van der Waals surface area contributed by atoms with Crippen LogP contribution in [-0.2, 0) is 38.4 Å². The van der Waals surface area contributed by atoms with Gasteiger partial charge >= 0.3 is 21.1 Å². The fourth-order valence-electron chi connectivity index (χ4n) is 11.5. The number of nitrogens with zero attached hydrogens (tertiary/aromatic N) is 5. The van der Waals surface area contributed by atoms with Gasteiger partial charge < -0.3 is 19.0 Å². The molecule has 1 aliphatic heterocycles. The summed E-state index contributed by atoms with van der Waals surface area (Å²) in [5.41, 5.74) is 22.0. The second kappa shape index (κ2) is 15.4. The molecule has 11 rings (SSSR count). The van der Waals surface area contributed by atoms with Crippen molar-refractivity contribution in [1.82, 2.24) is 14.1 Å². The van der Waals surface area contributed by atoms with Crippen molar-refractivity contribution in [1.29, 1.82) is 0 Å². The van der Waals surface area contributed by atoms with Gasteiger partial charge in [0.05, 0.1) is 22.4 Å². The van der Waals surface area contributed by atoms with Crippen LogP contribution in [-0.4, -0.2) is 25.5 Å². The average Bonchev–Trinajstić information content (AvgIpc) is 3.93. The normalized spacial score (nSPS) is 18.1. The SMILES string of the molecule is Cc1ccc2c(c1)c1ccc(-n3c4ccc(C(C)(C)C)cc4c4cccnc43)[c-]c1n2-c1[c-]c(C2=N[C@]3(C)Cc4c(ccc(C)c4C)[C@]3(C)N2c2c(C)c(C)cc(C)c2C)cc(C(C)C)c1.[Pt+2]. The minimum Gasteiger partial charge on any atom is -0.354 e. The Balaban J connectivity index is 0.00000525. The molecule has 0 saturated heterocycles. The van der Waals surface area contributed by atoms with Gasteiger partial charge in [0.1, 0.15) is 5.65 Å². The van der Waals surface area contributed by atoms with Crippen LogP contribution in [0.1, 0.15) is 121 Å². The Morgan fingerprint density at radius 2 is 1.36 bits per heavy atom. The third kappa shape index (κ3) is 6.43. The Labute approximate surface area is 411 Å². The summed E-state index contributed by atoms with van der Waals surface area (Å²) in [5, 5.41) is 4.70. The number of aliphatic imine (C=N–C) groups is 1. The van der Waals surface area contributed by atoms with Crippen LogP contribution in [0.15, 0.2) is 102 Å². The minimum absolute atomic E-state index is 0. The van der Waals surface area contributed by atoms with Crippen molar-refractivity contribution in [2.24, 2.45) is 4.99 Å². The topological polar surface area (TPSA) is 38.4 Å². The molecule has 0 spiro atoms. The van der Waals surface area contributed by atoms with Gasteiger partial charge in [-0.05, 0) is 172 Å². The second-order valence-corrected chi connectivity index (χ2v) is 21.5. The maximum atomic E-state index is 5.98. The van der Waals surface area contributed by atoms with Gasteiger partial charge in [0.15, 0.2) is 0 Å². The Hall–Kier alpha value is -5.77. The summed E-state index contributed by atoms with van der Waals surface area (Å²) in [5.74, 6) is 1.24. The van der Waals surface area contributed by atoms with Crippen molar-refractivity contribution >= 4 is 55.3 Å². The molecular formula is C61H61N5Pt. The van der Waals surface area contributed by atoms with E-state index in [1.165, 1.54) is 77.7 Å². The molecule has 3 aromatic heterocycles. The molecule has 5 nitrogen and oxygen atoms in total. The number of benzene rings is 6. The van der Waals surface area contributed by atoms with E-state index in [0.717, 1.165) is 62.2 Å². The zero-order valence-corrected chi connectivity index (χ0v) is 43.8. The van der Waals surface area contributed by atoms with Crippen molar-refractivity contribution in [3.63, 3.8) is 0 Å².